The van der Waals surface area contributed by atoms with Crippen LogP contribution in [0.25, 0.3) is 33.4 Å². The second-order valence-corrected chi connectivity index (χ2v) is 16.3. The molecular weight excluding hydrogens is 925 g/mol. The summed E-state index contributed by atoms with van der Waals surface area (Å²) in [4.78, 5) is -0.543. The van der Waals surface area contributed by atoms with Crippen molar-refractivity contribution in [2.45, 2.75) is 9.79 Å². The van der Waals surface area contributed by atoms with E-state index in [4.69, 9.17) is 4.18 Å². The molecule has 0 aliphatic rings. The first-order valence-electron chi connectivity index (χ1n) is 10.3. The van der Waals surface area contributed by atoms with E-state index in [1.165, 1.54) is 28.7 Å². The van der Waals surface area contributed by atoms with Crippen LogP contribution in [0, 0.1) is 10.7 Å². The lowest BCUT2D eigenvalue weighted by molar-refractivity contribution is 0.457. The van der Waals surface area contributed by atoms with Crippen LogP contribution in [0.4, 0.5) is 0 Å². The van der Waals surface area contributed by atoms with Crippen molar-refractivity contribution in [3.63, 3.8) is 0 Å². The van der Waals surface area contributed by atoms with Crippen molar-refractivity contribution < 1.29 is 25.6 Å². The smallest absolute Gasteiger partial charge is 0.340 e. The molecule has 6 nitrogen and oxygen atoms in total. The summed E-state index contributed by atoms with van der Waals surface area (Å²) in [5, 5.41) is 11.4. The number of hydrogen-bond donors (Lipinski definition) is 0. The Morgan fingerprint density at radius 1 is 0.658 bits per heavy atom. The fourth-order valence-electron chi connectivity index (χ4n) is 3.77. The molecule has 0 saturated heterocycles. The molecule has 14 heteroatoms. The lowest BCUT2D eigenvalue weighted by atomic mass is 9.96. The zero-order valence-corrected chi connectivity index (χ0v) is 29.1. The molecule has 5 aromatic rings. The molecule has 3 aromatic heterocycles. The van der Waals surface area contributed by atoms with E-state index >= 15 is 0 Å². The minimum Gasteiger partial charge on any atom is -0.744 e. The van der Waals surface area contributed by atoms with Crippen molar-refractivity contribution in [2.75, 3.05) is 0 Å². The summed E-state index contributed by atoms with van der Waals surface area (Å²) in [5.41, 5.74) is 4.15. The standard InChI is InChI=1S/C24H13I3O6S5/c25-19-9-20(26)24(37(28,29)30)21(27)22(19)33-38(31,32)23-17(14-2-5-35-11-14)7-16(13-1-4-34-10-13)8-18(23)15-3-6-36-12-15/h1-12H,(H,28,29,30)/p-1. The van der Waals surface area contributed by atoms with Crippen LogP contribution < -0.4 is 4.18 Å². The van der Waals surface area contributed by atoms with Crippen molar-refractivity contribution in [1.29, 1.82) is 0 Å². The molecule has 0 bridgehead atoms. The van der Waals surface area contributed by atoms with Gasteiger partial charge < -0.3 is 8.74 Å². The van der Waals surface area contributed by atoms with Crippen molar-refractivity contribution in [3.8, 4) is 39.1 Å². The number of thiophene rings is 3. The first-order valence-corrected chi connectivity index (χ1v) is 19.2. The molecule has 0 fully saturated rings. The number of hydrogen-bond acceptors (Lipinski definition) is 9. The average molecular weight is 937 g/mol. The van der Waals surface area contributed by atoms with Crippen LogP contribution in [0.3, 0.4) is 0 Å². The molecule has 0 saturated carbocycles. The Morgan fingerprint density at radius 2 is 1.16 bits per heavy atom. The van der Waals surface area contributed by atoms with E-state index < -0.39 is 25.1 Å². The van der Waals surface area contributed by atoms with Gasteiger partial charge in [-0.1, -0.05) is 0 Å². The van der Waals surface area contributed by atoms with E-state index in [1.807, 2.05) is 85.2 Å². The van der Waals surface area contributed by atoms with Gasteiger partial charge in [0.25, 0.3) is 0 Å². The number of halogens is 3. The fraction of sp³-hybridized carbons (Fsp3) is 0. The van der Waals surface area contributed by atoms with Crippen LogP contribution in [0.2, 0.25) is 0 Å². The van der Waals surface area contributed by atoms with Crippen molar-refractivity contribution in [1.82, 2.24) is 0 Å². The third-order valence-electron chi connectivity index (χ3n) is 5.39. The highest BCUT2D eigenvalue weighted by Gasteiger charge is 2.31. The summed E-state index contributed by atoms with van der Waals surface area (Å²) in [6.45, 7) is 0. The minimum atomic E-state index is -4.88. The van der Waals surface area contributed by atoms with Gasteiger partial charge in [0.2, 0.25) is 0 Å². The molecule has 2 aromatic carbocycles. The third kappa shape index (κ3) is 5.74. The van der Waals surface area contributed by atoms with Gasteiger partial charge in [-0.3, -0.25) is 0 Å². The Bertz CT molecular complexity index is 1790. The maximum Gasteiger partial charge on any atom is 0.340 e. The second-order valence-electron chi connectivity index (χ2n) is 7.74. The highest BCUT2D eigenvalue weighted by molar-refractivity contribution is 14.1. The van der Waals surface area contributed by atoms with E-state index in [-0.39, 0.29) is 17.8 Å². The van der Waals surface area contributed by atoms with E-state index in [1.54, 1.807) is 56.5 Å². The molecule has 38 heavy (non-hydrogen) atoms. The van der Waals surface area contributed by atoms with E-state index in [9.17, 15) is 21.4 Å². The van der Waals surface area contributed by atoms with Gasteiger partial charge in [0.05, 0.1) is 12.0 Å². The second kappa shape index (κ2) is 11.3. The molecule has 0 aliphatic heterocycles. The van der Waals surface area contributed by atoms with Gasteiger partial charge >= 0.3 is 10.1 Å². The SMILES string of the molecule is O=S(=O)([O-])c1c(I)cc(I)c(OS(=O)(=O)c2c(-c3ccsc3)cc(-c3ccsc3)cc2-c2ccsc2)c1I. The molecule has 0 atom stereocenters. The van der Waals surface area contributed by atoms with Gasteiger partial charge in [-0.05, 0) is 159 Å². The highest BCUT2D eigenvalue weighted by Crippen LogP contribution is 2.44. The molecule has 0 aliphatic carbocycles. The molecule has 3 heterocycles. The van der Waals surface area contributed by atoms with Gasteiger partial charge in [-0.25, -0.2) is 8.42 Å². The van der Waals surface area contributed by atoms with E-state index in [2.05, 4.69) is 0 Å². The highest BCUT2D eigenvalue weighted by atomic mass is 127. The Hall–Kier alpha value is -0.610. The van der Waals surface area contributed by atoms with Gasteiger partial charge in [-0.15, -0.1) is 0 Å². The first-order chi connectivity index (χ1) is 18.0. The molecular formula is C24H12I3O6S5-. The number of rotatable bonds is 7. The lowest BCUT2D eigenvalue weighted by Gasteiger charge is -2.20. The Kier molecular flexibility index (Phi) is 8.63. The lowest BCUT2D eigenvalue weighted by Crippen LogP contribution is -2.16. The number of benzene rings is 2. The van der Waals surface area contributed by atoms with Crippen molar-refractivity contribution in [2.24, 2.45) is 0 Å². The maximum atomic E-state index is 14.1. The monoisotopic (exact) mass is 937 g/mol. The van der Waals surface area contributed by atoms with E-state index in [0.717, 1.165) is 11.1 Å². The van der Waals surface area contributed by atoms with E-state index in [0.29, 0.717) is 25.8 Å². The van der Waals surface area contributed by atoms with Crippen molar-refractivity contribution >= 4 is 122 Å². The average Bonchev–Trinajstić information content (AvgIpc) is 3.63. The Balaban J connectivity index is 1.79. The van der Waals surface area contributed by atoms with Crippen molar-refractivity contribution in [3.05, 3.63) is 79.4 Å². The third-order valence-corrected chi connectivity index (χ3v) is 13.1. The Morgan fingerprint density at radius 3 is 1.61 bits per heavy atom. The summed E-state index contributed by atoms with van der Waals surface area (Å²) in [6, 6.07) is 10.7. The van der Waals surface area contributed by atoms with Crippen LogP contribution >= 0.6 is 102 Å². The zero-order chi connectivity index (χ0) is 27.2. The minimum absolute atomic E-state index is 0.0371. The fourth-order valence-corrected chi connectivity index (χ4v) is 13.2. The normalized spacial score (nSPS) is 12.1. The van der Waals surface area contributed by atoms with Gasteiger partial charge in [-0.2, -0.15) is 42.4 Å². The molecule has 0 unspecified atom stereocenters. The van der Waals surface area contributed by atoms with Gasteiger partial charge in [0, 0.05) is 14.7 Å². The molecule has 0 spiro atoms. The van der Waals surface area contributed by atoms with Gasteiger partial charge in [0.15, 0.2) is 5.75 Å². The van der Waals surface area contributed by atoms with Gasteiger partial charge in [0.1, 0.15) is 15.0 Å². The summed E-state index contributed by atoms with van der Waals surface area (Å²) in [7, 11) is -9.41. The maximum absolute atomic E-state index is 14.1. The van der Waals surface area contributed by atoms with Crippen LogP contribution in [0.1, 0.15) is 0 Å². The topological polar surface area (TPSA) is 101 Å². The summed E-state index contributed by atoms with van der Waals surface area (Å²) >= 11 is 9.70. The van der Waals surface area contributed by atoms with Crippen LogP contribution in [0.15, 0.2) is 78.5 Å². The molecule has 196 valence electrons. The predicted molar refractivity (Wildman–Crippen MR) is 177 cm³/mol. The summed E-state index contributed by atoms with van der Waals surface area (Å²) < 4.78 is 70.4. The Labute approximate surface area is 272 Å². The summed E-state index contributed by atoms with van der Waals surface area (Å²) in [6.07, 6.45) is 0. The molecule has 5 rings (SSSR count). The quantitative estimate of drug-likeness (QED) is 0.0925. The van der Waals surface area contributed by atoms with Crippen LogP contribution in [0.5, 0.6) is 5.75 Å². The van der Waals surface area contributed by atoms with Crippen LogP contribution in [-0.4, -0.2) is 21.4 Å². The molecule has 0 amide bonds. The first kappa shape index (κ1) is 28.9. The van der Waals surface area contributed by atoms with Crippen LogP contribution in [-0.2, 0) is 20.2 Å². The zero-order valence-electron chi connectivity index (χ0n) is 18.6. The molecule has 0 radical (unpaired) electrons. The summed E-state index contributed by atoms with van der Waals surface area (Å²) in [5.74, 6) is -0.199. The largest absolute Gasteiger partial charge is 0.744 e. The predicted octanol–water partition coefficient (Wildman–Crippen LogP) is 8.36. The molecule has 0 N–H and O–H groups in total.